The van der Waals surface area contributed by atoms with Crippen LogP contribution in [0.15, 0.2) is 60.7 Å². The molecule has 1 atom stereocenters. The number of rotatable bonds is 5. The van der Waals surface area contributed by atoms with E-state index in [1.807, 2.05) is 43.3 Å². The summed E-state index contributed by atoms with van der Waals surface area (Å²) in [4.78, 5) is 20.5. The average molecular weight is 388 g/mol. The minimum Gasteiger partial charge on any atom is -0.343 e. The van der Waals surface area contributed by atoms with E-state index in [2.05, 4.69) is 53.6 Å². The van der Waals surface area contributed by atoms with Gasteiger partial charge in [0.2, 0.25) is 0 Å². The molecule has 0 aliphatic heterocycles. The van der Waals surface area contributed by atoms with Crippen molar-refractivity contribution in [2.24, 2.45) is 0 Å². The van der Waals surface area contributed by atoms with Gasteiger partial charge >= 0.3 is 0 Å². The van der Waals surface area contributed by atoms with Crippen LogP contribution in [0.5, 0.6) is 0 Å². The van der Waals surface area contributed by atoms with Gasteiger partial charge in [0.1, 0.15) is 0 Å². The molecule has 1 N–H and O–H groups in total. The highest BCUT2D eigenvalue weighted by Gasteiger charge is 2.44. The molecule has 1 saturated carbocycles. The monoisotopic (exact) mass is 387 g/mol. The zero-order valence-corrected chi connectivity index (χ0v) is 17.5. The molecule has 4 heteroatoms. The Labute approximate surface area is 173 Å². The van der Waals surface area contributed by atoms with E-state index in [-0.39, 0.29) is 17.5 Å². The number of fused-ring (bicyclic) bond motifs is 1. The van der Waals surface area contributed by atoms with Crippen LogP contribution in [0.1, 0.15) is 53.3 Å². The molecule has 2 aromatic carbocycles. The van der Waals surface area contributed by atoms with E-state index in [1.165, 1.54) is 12.8 Å². The summed E-state index contributed by atoms with van der Waals surface area (Å²) in [6.07, 6.45) is 4.54. The Bertz CT molecular complexity index is 1010. The molecular weight excluding hydrogens is 358 g/mol. The van der Waals surface area contributed by atoms with E-state index >= 15 is 0 Å². The van der Waals surface area contributed by atoms with Crippen molar-refractivity contribution in [3.05, 3.63) is 77.5 Å². The van der Waals surface area contributed by atoms with Crippen LogP contribution < -0.4 is 5.32 Å². The molecule has 150 valence electrons. The molecule has 1 unspecified atom stereocenters. The molecule has 1 aliphatic carbocycles. The lowest BCUT2D eigenvalue weighted by atomic mass is 9.82. The minimum atomic E-state index is -0.0745. The van der Waals surface area contributed by atoms with Crippen molar-refractivity contribution in [1.82, 2.24) is 15.2 Å². The number of likely N-dealkylation sites (N-methyl/N-ethyl adjacent to an activating group) is 1. The molecule has 0 bridgehead atoms. The number of para-hydroxylation sites is 1. The van der Waals surface area contributed by atoms with E-state index < -0.39 is 0 Å². The minimum absolute atomic E-state index is 0.0336. The van der Waals surface area contributed by atoms with Crippen LogP contribution in [0.2, 0.25) is 0 Å². The van der Waals surface area contributed by atoms with E-state index in [0.717, 1.165) is 35.0 Å². The lowest BCUT2D eigenvalue weighted by Crippen LogP contribution is -2.53. The zero-order valence-electron chi connectivity index (χ0n) is 17.5. The van der Waals surface area contributed by atoms with Crippen LogP contribution in [-0.2, 0) is 0 Å². The van der Waals surface area contributed by atoms with Crippen LogP contribution in [0, 0.1) is 6.92 Å². The first-order valence-electron chi connectivity index (χ1n) is 10.4. The second kappa shape index (κ2) is 7.96. The van der Waals surface area contributed by atoms with Crippen LogP contribution in [0.4, 0.5) is 0 Å². The fourth-order valence-corrected chi connectivity index (χ4v) is 4.86. The Balaban J connectivity index is 1.77. The quantitative estimate of drug-likeness (QED) is 0.678. The van der Waals surface area contributed by atoms with Gasteiger partial charge in [-0.05, 0) is 51.6 Å². The van der Waals surface area contributed by atoms with Gasteiger partial charge < -0.3 is 10.2 Å². The Kier molecular flexibility index (Phi) is 5.37. The number of aromatic nitrogens is 1. The lowest BCUT2D eigenvalue weighted by Gasteiger charge is -2.44. The first-order valence-corrected chi connectivity index (χ1v) is 10.4. The molecule has 1 fully saturated rings. The van der Waals surface area contributed by atoms with Crippen LogP contribution in [0.25, 0.3) is 10.9 Å². The number of hydrogen-bond donors (Lipinski definition) is 1. The fourth-order valence-electron chi connectivity index (χ4n) is 4.86. The fraction of sp³-hybridized carbons (Fsp3) is 0.360. The van der Waals surface area contributed by atoms with Gasteiger partial charge in [0, 0.05) is 16.6 Å². The Morgan fingerprint density at radius 1 is 1.03 bits per heavy atom. The summed E-state index contributed by atoms with van der Waals surface area (Å²) in [5.41, 5.74) is 3.49. The second-order valence-corrected chi connectivity index (χ2v) is 8.35. The molecule has 3 aromatic rings. The molecular formula is C25H29N3O. The molecule has 0 saturated heterocycles. The molecule has 29 heavy (non-hydrogen) atoms. The number of nitrogens with zero attached hydrogens (tertiary/aromatic N) is 2. The third kappa shape index (κ3) is 3.65. The number of carbonyl (C=O) groups is 1. The molecule has 1 aliphatic rings. The third-order valence-electron chi connectivity index (χ3n) is 6.39. The SMILES string of the molecule is Cc1cc(C(=O)NC(c2ccccc2)C2(N(C)C)CCCC2)c2ccccc2n1. The Morgan fingerprint density at radius 3 is 2.38 bits per heavy atom. The highest BCUT2D eigenvalue weighted by molar-refractivity contribution is 6.06. The maximum Gasteiger partial charge on any atom is 0.252 e. The molecule has 1 amide bonds. The van der Waals surface area contributed by atoms with Gasteiger partial charge in [0.15, 0.2) is 0 Å². The average Bonchev–Trinajstić information content (AvgIpc) is 3.23. The van der Waals surface area contributed by atoms with E-state index in [9.17, 15) is 4.79 Å². The summed E-state index contributed by atoms with van der Waals surface area (Å²) >= 11 is 0. The maximum atomic E-state index is 13.6. The molecule has 1 heterocycles. The molecule has 4 rings (SSSR count). The van der Waals surface area contributed by atoms with Crippen molar-refractivity contribution in [3.8, 4) is 0 Å². The standard InChI is InChI=1S/C25H29N3O/c1-18-17-21(20-13-7-8-14-22(20)26-18)24(29)27-23(19-11-5-4-6-12-19)25(28(2)3)15-9-10-16-25/h4-8,11-14,17,23H,9-10,15-16H2,1-3H3,(H,27,29). The van der Waals surface area contributed by atoms with Gasteiger partial charge in [0.25, 0.3) is 5.91 Å². The van der Waals surface area contributed by atoms with Crippen LogP contribution in [-0.4, -0.2) is 35.4 Å². The van der Waals surface area contributed by atoms with Gasteiger partial charge in [-0.1, -0.05) is 61.4 Å². The smallest absolute Gasteiger partial charge is 0.252 e. The Hall–Kier alpha value is -2.72. The third-order valence-corrected chi connectivity index (χ3v) is 6.39. The van der Waals surface area contributed by atoms with Gasteiger partial charge in [-0.25, -0.2) is 0 Å². The van der Waals surface area contributed by atoms with Gasteiger partial charge in [-0.15, -0.1) is 0 Å². The van der Waals surface area contributed by atoms with Crippen LogP contribution in [0.3, 0.4) is 0 Å². The summed E-state index contributed by atoms with van der Waals surface area (Å²) in [5.74, 6) is -0.0336. The normalized spacial score (nSPS) is 16.8. The number of hydrogen-bond acceptors (Lipinski definition) is 3. The maximum absolute atomic E-state index is 13.6. The number of benzene rings is 2. The largest absolute Gasteiger partial charge is 0.343 e. The molecule has 4 nitrogen and oxygen atoms in total. The number of nitrogens with one attached hydrogen (secondary N) is 1. The second-order valence-electron chi connectivity index (χ2n) is 8.35. The van der Waals surface area contributed by atoms with Gasteiger partial charge in [0.05, 0.1) is 17.1 Å². The zero-order chi connectivity index (χ0) is 20.4. The molecule has 0 spiro atoms. The first kappa shape index (κ1) is 19.6. The molecule has 0 radical (unpaired) electrons. The van der Waals surface area contributed by atoms with E-state index in [0.29, 0.717) is 5.56 Å². The van der Waals surface area contributed by atoms with Crippen molar-refractivity contribution in [3.63, 3.8) is 0 Å². The number of aryl methyl sites for hydroxylation is 1. The lowest BCUT2D eigenvalue weighted by molar-refractivity contribution is 0.0767. The predicted molar refractivity (Wildman–Crippen MR) is 118 cm³/mol. The summed E-state index contributed by atoms with van der Waals surface area (Å²) in [7, 11) is 4.28. The van der Waals surface area contributed by atoms with Gasteiger partial charge in [-0.3, -0.25) is 9.78 Å². The van der Waals surface area contributed by atoms with Crippen molar-refractivity contribution < 1.29 is 4.79 Å². The number of amides is 1. The Morgan fingerprint density at radius 2 is 1.69 bits per heavy atom. The van der Waals surface area contributed by atoms with Crippen molar-refractivity contribution in [1.29, 1.82) is 0 Å². The van der Waals surface area contributed by atoms with E-state index in [1.54, 1.807) is 0 Å². The predicted octanol–water partition coefficient (Wildman–Crippen LogP) is 4.89. The van der Waals surface area contributed by atoms with Crippen molar-refractivity contribution in [2.75, 3.05) is 14.1 Å². The summed E-state index contributed by atoms with van der Waals surface area (Å²) < 4.78 is 0. The number of pyridine rings is 1. The van der Waals surface area contributed by atoms with Gasteiger partial charge in [-0.2, -0.15) is 0 Å². The van der Waals surface area contributed by atoms with Crippen molar-refractivity contribution in [2.45, 2.75) is 44.2 Å². The number of carbonyl (C=O) groups excluding carboxylic acids is 1. The highest BCUT2D eigenvalue weighted by atomic mass is 16.1. The van der Waals surface area contributed by atoms with Crippen LogP contribution >= 0.6 is 0 Å². The summed E-state index contributed by atoms with van der Waals surface area (Å²) in [5, 5.41) is 4.32. The highest BCUT2D eigenvalue weighted by Crippen LogP contribution is 2.43. The molecule has 1 aromatic heterocycles. The topological polar surface area (TPSA) is 45.2 Å². The van der Waals surface area contributed by atoms with Crippen molar-refractivity contribution >= 4 is 16.8 Å². The summed E-state index contributed by atoms with van der Waals surface area (Å²) in [6, 6.07) is 20.1. The van der Waals surface area contributed by atoms with E-state index in [4.69, 9.17) is 0 Å². The first-order chi connectivity index (χ1) is 14.0. The summed E-state index contributed by atoms with van der Waals surface area (Å²) in [6.45, 7) is 1.94.